The Hall–Kier alpha value is -2.32. The molecule has 32 heavy (non-hydrogen) atoms. The van der Waals surface area contributed by atoms with E-state index in [0.29, 0.717) is 38.8 Å². The SMILES string of the molecule is CC[C@@H](C)[C@H](NC(=O)OC(C)(C)C)C(=O)N1CCC(C(=O)N[C@@H](CC(C)C)C(=O)O)CC1. The zero-order chi connectivity index (χ0) is 24.6. The van der Waals surface area contributed by atoms with Crippen molar-refractivity contribution in [2.45, 2.75) is 91.8 Å². The fraction of sp³-hybridized carbons (Fsp3) is 0.826. The van der Waals surface area contributed by atoms with Crippen molar-refractivity contribution in [3.63, 3.8) is 0 Å². The minimum Gasteiger partial charge on any atom is -0.480 e. The molecule has 0 unspecified atom stereocenters. The van der Waals surface area contributed by atoms with E-state index in [1.54, 1.807) is 25.7 Å². The van der Waals surface area contributed by atoms with Crippen LogP contribution in [0.5, 0.6) is 0 Å². The number of rotatable bonds is 9. The largest absolute Gasteiger partial charge is 0.480 e. The van der Waals surface area contributed by atoms with Crippen LogP contribution in [0, 0.1) is 17.8 Å². The summed E-state index contributed by atoms with van der Waals surface area (Å²) in [4.78, 5) is 51.1. The highest BCUT2D eigenvalue weighted by Gasteiger charge is 2.35. The maximum atomic E-state index is 13.1. The van der Waals surface area contributed by atoms with Crippen LogP contribution in [0.3, 0.4) is 0 Å². The zero-order valence-electron chi connectivity index (χ0n) is 20.6. The first-order valence-electron chi connectivity index (χ1n) is 11.6. The first-order chi connectivity index (χ1) is 14.7. The van der Waals surface area contributed by atoms with E-state index in [9.17, 15) is 24.3 Å². The molecule has 3 atom stereocenters. The lowest BCUT2D eigenvalue weighted by Crippen LogP contribution is -2.55. The third kappa shape index (κ3) is 9.04. The van der Waals surface area contributed by atoms with Crippen molar-refractivity contribution in [1.29, 1.82) is 0 Å². The molecular weight excluding hydrogens is 414 g/mol. The topological polar surface area (TPSA) is 125 Å². The van der Waals surface area contributed by atoms with Gasteiger partial charge in [-0.2, -0.15) is 0 Å². The molecule has 3 N–H and O–H groups in total. The summed E-state index contributed by atoms with van der Waals surface area (Å²) in [5.41, 5.74) is -0.664. The van der Waals surface area contributed by atoms with Gasteiger partial charge in [-0.25, -0.2) is 9.59 Å². The van der Waals surface area contributed by atoms with Gasteiger partial charge in [0.05, 0.1) is 0 Å². The molecule has 0 spiro atoms. The number of hydrogen-bond acceptors (Lipinski definition) is 5. The van der Waals surface area contributed by atoms with E-state index in [1.165, 1.54) is 0 Å². The van der Waals surface area contributed by atoms with Crippen LogP contribution in [0.15, 0.2) is 0 Å². The second-order valence-corrected chi connectivity index (χ2v) is 10.1. The molecule has 1 rings (SSSR count). The van der Waals surface area contributed by atoms with Gasteiger partial charge in [0.2, 0.25) is 11.8 Å². The molecule has 0 bridgehead atoms. The van der Waals surface area contributed by atoms with Crippen LogP contribution in [0.4, 0.5) is 4.79 Å². The third-order valence-electron chi connectivity index (χ3n) is 5.65. The van der Waals surface area contributed by atoms with Gasteiger partial charge in [0.1, 0.15) is 17.7 Å². The predicted molar refractivity (Wildman–Crippen MR) is 121 cm³/mol. The molecule has 0 radical (unpaired) electrons. The number of carboxylic acid groups (broad SMARTS) is 1. The number of nitrogens with zero attached hydrogens (tertiary/aromatic N) is 1. The van der Waals surface area contributed by atoms with Crippen molar-refractivity contribution in [2.75, 3.05) is 13.1 Å². The lowest BCUT2D eigenvalue weighted by Gasteiger charge is -2.36. The first kappa shape index (κ1) is 27.7. The fourth-order valence-corrected chi connectivity index (χ4v) is 3.66. The maximum Gasteiger partial charge on any atom is 0.408 e. The van der Waals surface area contributed by atoms with Gasteiger partial charge in [-0.1, -0.05) is 34.1 Å². The minimum absolute atomic E-state index is 0.0802. The highest BCUT2D eigenvalue weighted by Crippen LogP contribution is 2.21. The van der Waals surface area contributed by atoms with E-state index in [4.69, 9.17) is 4.74 Å². The zero-order valence-corrected chi connectivity index (χ0v) is 20.6. The van der Waals surface area contributed by atoms with Crippen molar-refractivity contribution < 1.29 is 29.0 Å². The summed E-state index contributed by atoms with van der Waals surface area (Å²) >= 11 is 0. The Morgan fingerprint density at radius 2 is 1.62 bits per heavy atom. The molecule has 0 saturated carbocycles. The lowest BCUT2D eigenvalue weighted by molar-refractivity contribution is -0.143. The average molecular weight is 456 g/mol. The van der Waals surface area contributed by atoms with Gasteiger partial charge in [-0.3, -0.25) is 9.59 Å². The number of amides is 3. The van der Waals surface area contributed by atoms with E-state index in [0.717, 1.165) is 0 Å². The maximum absolute atomic E-state index is 13.1. The Labute approximate surface area is 191 Å². The highest BCUT2D eigenvalue weighted by molar-refractivity contribution is 5.87. The summed E-state index contributed by atoms with van der Waals surface area (Å²) in [6.45, 7) is 13.7. The summed E-state index contributed by atoms with van der Waals surface area (Å²) in [7, 11) is 0. The lowest BCUT2D eigenvalue weighted by atomic mass is 9.92. The van der Waals surface area contributed by atoms with Gasteiger partial charge in [0.25, 0.3) is 0 Å². The Morgan fingerprint density at radius 3 is 2.06 bits per heavy atom. The number of carbonyl (C=O) groups is 4. The van der Waals surface area contributed by atoms with Crippen LogP contribution in [-0.4, -0.2) is 64.7 Å². The Balaban J connectivity index is 2.72. The summed E-state index contributed by atoms with van der Waals surface area (Å²) in [5, 5.41) is 14.7. The minimum atomic E-state index is -1.04. The number of carboxylic acids is 1. The van der Waals surface area contributed by atoms with Crippen LogP contribution >= 0.6 is 0 Å². The van der Waals surface area contributed by atoms with Crippen molar-refractivity contribution in [3.8, 4) is 0 Å². The van der Waals surface area contributed by atoms with Crippen molar-refractivity contribution in [1.82, 2.24) is 15.5 Å². The van der Waals surface area contributed by atoms with Crippen LogP contribution in [-0.2, 0) is 19.1 Å². The van der Waals surface area contributed by atoms with Crippen molar-refractivity contribution in [3.05, 3.63) is 0 Å². The molecule has 3 amide bonds. The van der Waals surface area contributed by atoms with Crippen LogP contribution in [0.2, 0.25) is 0 Å². The Kier molecular flexibility index (Phi) is 10.4. The van der Waals surface area contributed by atoms with Crippen molar-refractivity contribution >= 4 is 23.9 Å². The molecule has 9 nitrogen and oxygen atoms in total. The molecule has 0 aromatic rings. The van der Waals surface area contributed by atoms with Crippen LogP contribution < -0.4 is 10.6 Å². The smallest absolute Gasteiger partial charge is 0.408 e. The quantitative estimate of drug-likeness (QED) is 0.491. The second-order valence-electron chi connectivity index (χ2n) is 10.1. The Morgan fingerprint density at radius 1 is 1.06 bits per heavy atom. The molecule has 9 heteroatoms. The highest BCUT2D eigenvalue weighted by atomic mass is 16.6. The standard InChI is InChI=1S/C23H41N3O6/c1-8-15(4)18(25-22(31)32-23(5,6)7)20(28)26-11-9-16(10-12-26)19(27)24-17(21(29)30)13-14(2)3/h14-18H,8-13H2,1-7H3,(H,24,27)(H,25,31)(H,29,30)/t15-,17+,18+/m1/s1. The molecule has 1 saturated heterocycles. The van der Waals surface area contributed by atoms with Crippen LogP contribution in [0.25, 0.3) is 0 Å². The van der Waals surface area contributed by atoms with Gasteiger partial charge in [-0.05, 0) is 51.9 Å². The van der Waals surface area contributed by atoms with E-state index in [2.05, 4.69) is 10.6 Å². The number of carbonyl (C=O) groups excluding carboxylic acids is 3. The molecule has 0 aromatic heterocycles. The third-order valence-corrected chi connectivity index (χ3v) is 5.65. The van der Waals surface area contributed by atoms with E-state index in [1.807, 2.05) is 27.7 Å². The van der Waals surface area contributed by atoms with Gasteiger partial charge < -0.3 is 25.4 Å². The number of ether oxygens (including phenoxy) is 1. The fourth-order valence-electron chi connectivity index (χ4n) is 3.66. The van der Waals surface area contributed by atoms with E-state index < -0.39 is 29.7 Å². The summed E-state index contributed by atoms with van der Waals surface area (Å²) in [5.74, 6) is -1.78. The monoisotopic (exact) mass is 455 g/mol. The summed E-state index contributed by atoms with van der Waals surface area (Å²) in [6, 6.07) is -1.61. The Bertz CT molecular complexity index is 665. The number of nitrogens with one attached hydrogen (secondary N) is 2. The van der Waals surface area contributed by atoms with Gasteiger partial charge in [0.15, 0.2) is 0 Å². The number of aliphatic carboxylic acids is 1. The summed E-state index contributed by atoms with van der Waals surface area (Å²) in [6.07, 6.45) is 1.34. The van der Waals surface area contributed by atoms with E-state index in [-0.39, 0.29) is 29.6 Å². The molecule has 1 fully saturated rings. The van der Waals surface area contributed by atoms with Crippen LogP contribution in [0.1, 0.15) is 74.1 Å². The average Bonchev–Trinajstić information content (AvgIpc) is 2.68. The number of alkyl carbamates (subject to hydrolysis) is 1. The summed E-state index contributed by atoms with van der Waals surface area (Å²) < 4.78 is 5.31. The molecular formula is C23H41N3O6. The first-order valence-corrected chi connectivity index (χ1v) is 11.6. The molecule has 1 aliphatic rings. The molecule has 0 aliphatic carbocycles. The van der Waals surface area contributed by atoms with Crippen molar-refractivity contribution in [2.24, 2.45) is 17.8 Å². The normalized spacial score (nSPS) is 17.9. The molecule has 0 aromatic carbocycles. The van der Waals surface area contributed by atoms with Gasteiger partial charge in [-0.15, -0.1) is 0 Å². The molecule has 1 aliphatic heterocycles. The molecule has 1 heterocycles. The van der Waals surface area contributed by atoms with E-state index >= 15 is 0 Å². The second kappa shape index (κ2) is 12.1. The molecule has 184 valence electrons. The van der Waals surface area contributed by atoms with Gasteiger partial charge >= 0.3 is 12.1 Å². The number of likely N-dealkylation sites (tertiary alicyclic amines) is 1. The number of hydrogen-bond donors (Lipinski definition) is 3. The predicted octanol–water partition coefficient (Wildman–Crippen LogP) is 2.78. The van der Waals surface area contributed by atoms with Gasteiger partial charge in [0, 0.05) is 19.0 Å². The number of piperidine rings is 1.